The molecule has 1 heterocycles. The van der Waals surface area contributed by atoms with Crippen LogP contribution in [0.3, 0.4) is 0 Å². The summed E-state index contributed by atoms with van der Waals surface area (Å²) in [4.78, 5) is 24.9. The van der Waals surface area contributed by atoms with E-state index in [4.69, 9.17) is 4.74 Å². The van der Waals surface area contributed by atoms with Gasteiger partial charge in [-0.3, -0.25) is 4.79 Å². The molecule has 6 nitrogen and oxygen atoms in total. The molecule has 146 valence electrons. The van der Waals surface area contributed by atoms with Crippen molar-refractivity contribution in [3.63, 3.8) is 0 Å². The number of urea groups is 1. The highest BCUT2D eigenvalue weighted by Gasteiger charge is 2.37. The lowest BCUT2D eigenvalue weighted by Crippen LogP contribution is -2.51. The smallest absolute Gasteiger partial charge is 0.319 e. The van der Waals surface area contributed by atoms with E-state index < -0.39 is 12.0 Å². The van der Waals surface area contributed by atoms with E-state index in [1.54, 1.807) is 0 Å². The zero-order valence-corrected chi connectivity index (χ0v) is 15.9. The molecule has 1 aliphatic heterocycles. The van der Waals surface area contributed by atoms with Gasteiger partial charge < -0.3 is 20.7 Å². The predicted molar refractivity (Wildman–Crippen MR) is 109 cm³/mol. The van der Waals surface area contributed by atoms with Crippen LogP contribution in [0.2, 0.25) is 0 Å². The standard InChI is InChI=1S/C22H25N3O3/c1-3-4-14-28-18-12-10-16(11-13-18)20-19(15(2)23-22(27)25-20)21(26)24-17-8-6-5-7-9-17/h5-13,19-20H,2-4,14H2,1H3,(H,24,26)(H2,23,25,27)/t19-,20+/m1/s1. The van der Waals surface area contributed by atoms with E-state index in [9.17, 15) is 9.59 Å². The van der Waals surface area contributed by atoms with Gasteiger partial charge in [-0.1, -0.05) is 50.3 Å². The highest BCUT2D eigenvalue weighted by molar-refractivity contribution is 5.97. The first-order chi connectivity index (χ1) is 13.6. The molecule has 3 amide bonds. The lowest BCUT2D eigenvalue weighted by Gasteiger charge is -2.34. The Hall–Kier alpha value is -3.28. The van der Waals surface area contributed by atoms with Crippen molar-refractivity contribution in [1.29, 1.82) is 0 Å². The summed E-state index contributed by atoms with van der Waals surface area (Å²) in [6.07, 6.45) is 2.06. The Kier molecular flexibility index (Phi) is 6.32. The minimum absolute atomic E-state index is 0.239. The molecule has 1 saturated heterocycles. The summed E-state index contributed by atoms with van der Waals surface area (Å²) in [6.45, 7) is 6.67. The molecule has 0 bridgehead atoms. The highest BCUT2D eigenvalue weighted by atomic mass is 16.5. The molecule has 28 heavy (non-hydrogen) atoms. The van der Waals surface area contributed by atoms with Gasteiger partial charge in [0, 0.05) is 11.4 Å². The Bertz CT molecular complexity index is 834. The predicted octanol–water partition coefficient (Wildman–Crippen LogP) is 3.99. The zero-order valence-electron chi connectivity index (χ0n) is 15.9. The second-order valence-electron chi connectivity index (χ2n) is 6.71. The van der Waals surface area contributed by atoms with Gasteiger partial charge in [0.25, 0.3) is 0 Å². The van der Waals surface area contributed by atoms with Gasteiger partial charge in [-0.25, -0.2) is 4.79 Å². The number of ether oxygens (including phenoxy) is 1. The highest BCUT2D eigenvalue weighted by Crippen LogP contribution is 2.31. The third kappa shape index (κ3) is 4.71. The molecule has 2 aromatic carbocycles. The molecule has 0 saturated carbocycles. The first-order valence-corrected chi connectivity index (χ1v) is 9.43. The number of amides is 3. The van der Waals surface area contributed by atoms with Crippen molar-refractivity contribution < 1.29 is 14.3 Å². The van der Waals surface area contributed by atoms with Crippen LogP contribution in [-0.4, -0.2) is 18.5 Å². The molecule has 0 aromatic heterocycles. The maximum atomic E-state index is 12.9. The molecule has 3 rings (SSSR count). The minimum Gasteiger partial charge on any atom is -0.494 e. The lowest BCUT2D eigenvalue weighted by atomic mass is 9.88. The van der Waals surface area contributed by atoms with Gasteiger partial charge in [0.15, 0.2) is 0 Å². The molecule has 0 aliphatic carbocycles. The van der Waals surface area contributed by atoms with Crippen molar-refractivity contribution in [2.75, 3.05) is 11.9 Å². The number of nitrogens with one attached hydrogen (secondary N) is 3. The molecule has 1 fully saturated rings. The van der Waals surface area contributed by atoms with Crippen LogP contribution >= 0.6 is 0 Å². The lowest BCUT2D eigenvalue weighted by molar-refractivity contribution is -0.119. The maximum Gasteiger partial charge on any atom is 0.319 e. The van der Waals surface area contributed by atoms with Gasteiger partial charge >= 0.3 is 6.03 Å². The van der Waals surface area contributed by atoms with Crippen molar-refractivity contribution in [1.82, 2.24) is 10.6 Å². The summed E-state index contributed by atoms with van der Waals surface area (Å²) < 4.78 is 5.69. The fourth-order valence-corrected chi connectivity index (χ4v) is 3.12. The molecule has 2 aromatic rings. The maximum absolute atomic E-state index is 12.9. The van der Waals surface area contributed by atoms with Crippen LogP contribution in [0.5, 0.6) is 5.75 Å². The minimum atomic E-state index is -0.648. The molecular formula is C22H25N3O3. The molecule has 0 radical (unpaired) electrons. The number of carbonyl (C=O) groups is 2. The summed E-state index contributed by atoms with van der Waals surface area (Å²) in [5, 5.41) is 8.34. The summed E-state index contributed by atoms with van der Waals surface area (Å²) in [7, 11) is 0. The van der Waals surface area contributed by atoms with E-state index in [0.29, 0.717) is 18.0 Å². The van der Waals surface area contributed by atoms with Crippen LogP contribution in [0.1, 0.15) is 31.4 Å². The molecular weight excluding hydrogens is 354 g/mol. The van der Waals surface area contributed by atoms with Gasteiger partial charge in [-0.05, 0) is 36.2 Å². The number of unbranched alkanes of at least 4 members (excludes halogenated alkanes) is 1. The second kappa shape index (κ2) is 9.08. The summed E-state index contributed by atoms with van der Waals surface area (Å²) in [6, 6.07) is 15.8. The quantitative estimate of drug-likeness (QED) is 0.637. The van der Waals surface area contributed by atoms with E-state index in [0.717, 1.165) is 24.2 Å². The Morgan fingerprint density at radius 3 is 2.54 bits per heavy atom. The van der Waals surface area contributed by atoms with Crippen molar-refractivity contribution in [3.05, 3.63) is 72.4 Å². The topological polar surface area (TPSA) is 79.5 Å². The average molecular weight is 379 g/mol. The molecule has 6 heteroatoms. The number of benzene rings is 2. The van der Waals surface area contributed by atoms with Gasteiger partial charge in [-0.15, -0.1) is 0 Å². The first kappa shape index (κ1) is 19.5. The third-order valence-electron chi connectivity index (χ3n) is 4.60. The molecule has 0 spiro atoms. The molecule has 2 atom stereocenters. The SMILES string of the molecule is C=C1NC(=O)N[C@@H](c2ccc(OCCCC)cc2)[C@@H]1C(=O)Nc1ccccc1. The molecule has 3 N–H and O–H groups in total. The third-order valence-corrected chi connectivity index (χ3v) is 4.60. The van der Waals surface area contributed by atoms with Crippen molar-refractivity contribution in [2.45, 2.75) is 25.8 Å². The Morgan fingerprint density at radius 2 is 1.86 bits per heavy atom. The molecule has 0 unspecified atom stereocenters. The normalized spacial score (nSPS) is 18.8. The second-order valence-corrected chi connectivity index (χ2v) is 6.71. The van der Waals surface area contributed by atoms with Crippen LogP contribution in [0.15, 0.2) is 66.9 Å². The average Bonchev–Trinajstić information content (AvgIpc) is 2.69. The largest absolute Gasteiger partial charge is 0.494 e. The molecule has 1 aliphatic rings. The van der Waals surface area contributed by atoms with Crippen LogP contribution in [0.4, 0.5) is 10.5 Å². The van der Waals surface area contributed by atoms with Gasteiger partial charge in [-0.2, -0.15) is 0 Å². The van der Waals surface area contributed by atoms with E-state index in [2.05, 4.69) is 29.5 Å². The summed E-state index contributed by atoms with van der Waals surface area (Å²) in [5.41, 5.74) is 1.87. The zero-order chi connectivity index (χ0) is 19.9. The van der Waals surface area contributed by atoms with Crippen molar-refractivity contribution in [3.8, 4) is 5.75 Å². The van der Waals surface area contributed by atoms with E-state index in [-0.39, 0.29) is 11.9 Å². The fraction of sp³-hybridized carbons (Fsp3) is 0.273. The first-order valence-electron chi connectivity index (χ1n) is 9.43. The van der Waals surface area contributed by atoms with Crippen molar-refractivity contribution in [2.24, 2.45) is 5.92 Å². The fourth-order valence-electron chi connectivity index (χ4n) is 3.12. The van der Waals surface area contributed by atoms with Gasteiger partial charge in [0.05, 0.1) is 12.6 Å². The van der Waals surface area contributed by atoms with Crippen LogP contribution in [0, 0.1) is 5.92 Å². The Balaban J connectivity index is 1.78. The van der Waals surface area contributed by atoms with E-state index >= 15 is 0 Å². The van der Waals surface area contributed by atoms with Crippen LogP contribution < -0.4 is 20.7 Å². The number of hydrogen-bond acceptors (Lipinski definition) is 3. The summed E-state index contributed by atoms with van der Waals surface area (Å²) in [5.74, 6) is -0.122. The van der Waals surface area contributed by atoms with Crippen molar-refractivity contribution >= 4 is 17.6 Å². The number of para-hydroxylation sites is 1. The van der Waals surface area contributed by atoms with Crippen LogP contribution in [0.25, 0.3) is 0 Å². The monoisotopic (exact) mass is 379 g/mol. The number of carbonyl (C=O) groups excluding carboxylic acids is 2. The van der Waals surface area contributed by atoms with Gasteiger partial charge in [0.2, 0.25) is 5.91 Å². The van der Waals surface area contributed by atoms with E-state index in [1.807, 2.05) is 54.6 Å². The van der Waals surface area contributed by atoms with E-state index in [1.165, 1.54) is 0 Å². The summed E-state index contributed by atoms with van der Waals surface area (Å²) >= 11 is 0. The number of hydrogen-bond donors (Lipinski definition) is 3. The Labute approximate surface area is 165 Å². The number of anilines is 1. The Morgan fingerprint density at radius 1 is 1.14 bits per heavy atom. The van der Waals surface area contributed by atoms with Crippen LogP contribution in [-0.2, 0) is 4.79 Å². The van der Waals surface area contributed by atoms with Gasteiger partial charge in [0.1, 0.15) is 11.7 Å². The number of rotatable bonds is 7.